The van der Waals surface area contributed by atoms with Crippen LogP contribution >= 0.6 is 0 Å². The Morgan fingerprint density at radius 2 is 1.79 bits per heavy atom. The van der Waals surface area contributed by atoms with Crippen molar-refractivity contribution in [1.29, 1.82) is 0 Å². The molecule has 0 fully saturated rings. The van der Waals surface area contributed by atoms with Crippen molar-refractivity contribution in [3.63, 3.8) is 0 Å². The molecule has 38 heavy (non-hydrogen) atoms. The van der Waals surface area contributed by atoms with E-state index >= 15 is 4.39 Å². The molecule has 5 nitrogen and oxygen atoms in total. The number of rotatable bonds is 7. The first-order valence-electron chi connectivity index (χ1n) is 12.7. The fraction of sp³-hybridized carbons (Fsp3) is 0.267. The van der Waals surface area contributed by atoms with Crippen LogP contribution in [0.3, 0.4) is 0 Å². The molecule has 0 bridgehead atoms. The van der Waals surface area contributed by atoms with Crippen LogP contribution in [-0.4, -0.2) is 27.4 Å². The lowest BCUT2D eigenvalue weighted by Gasteiger charge is -2.19. The number of carbonyl (C=O) groups excluding carboxylic acids is 1. The molecule has 5 rings (SSSR count). The number of aliphatic hydroxyl groups excluding tert-OH is 1. The minimum atomic E-state index is -0.798. The van der Waals surface area contributed by atoms with E-state index in [0.29, 0.717) is 24.1 Å². The number of halogens is 3. The molecule has 0 spiro atoms. The van der Waals surface area contributed by atoms with E-state index in [0.717, 1.165) is 42.5 Å². The molecule has 8 heteroatoms. The Balaban J connectivity index is 1.60. The second-order valence-electron chi connectivity index (χ2n) is 9.62. The van der Waals surface area contributed by atoms with Crippen LogP contribution in [0.15, 0.2) is 72.8 Å². The number of aliphatic hydroxyl groups is 1. The number of aromatic nitrogens is 2. The van der Waals surface area contributed by atoms with Crippen molar-refractivity contribution in [1.82, 2.24) is 15.1 Å². The van der Waals surface area contributed by atoms with Gasteiger partial charge in [0.2, 0.25) is 0 Å². The van der Waals surface area contributed by atoms with Crippen LogP contribution in [0, 0.1) is 17.5 Å². The molecular formula is C30H28F3N3O2. The van der Waals surface area contributed by atoms with Crippen molar-refractivity contribution in [2.75, 3.05) is 6.61 Å². The Hall–Kier alpha value is -3.91. The molecule has 196 valence electrons. The van der Waals surface area contributed by atoms with E-state index in [1.807, 2.05) is 36.4 Å². The Bertz CT molecular complexity index is 1440. The smallest absolute Gasteiger partial charge is 0.272 e. The van der Waals surface area contributed by atoms with Gasteiger partial charge in [0.05, 0.1) is 18.3 Å². The van der Waals surface area contributed by atoms with Gasteiger partial charge in [-0.25, -0.2) is 17.9 Å². The number of carbonyl (C=O) groups is 1. The summed E-state index contributed by atoms with van der Waals surface area (Å²) < 4.78 is 44.1. The summed E-state index contributed by atoms with van der Waals surface area (Å²) in [6.07, 6.45) is 3.43. The zero-order valence-electron chi connectivity index (χ0n) is 20.7. The van der Waals surface area contributed by atoms with Crippen molar-refractivity contribution < 1.29 is 23.1 Å². The van der Waals surface area contributed by atoms with E-state index < -0.39 is 23.6 Å². The molecule has 1 aromatic heterocycles. The van der Waals surface area contributed by atoms with Gasteiger partial charge >= 0.3 is 0 Å². The summed E-state index contributed by atoms with van der Waals surface area (Å²) in [5, 5.41) is 17.4. The second-order valence-corrected chi connectivity index (χ2v) is 9.62. The first kappa shape index (κ1) is 25.7. The fourth-order valence-corrected chi connectivity index (χ4v) is 5.27. The maximum absolute atomic E-state index is 15.0. The van der Waals surface area contributed by atoms with E-state index in [1.165, 1.54) is 22.9 Å². The highest BCUT2D eigenvalue weighted by molar-refractivity contribution is 5.94. The van der Waals surface area contributed by atoms with Crippen LogP contribution in [0.25, 0.3) is 5.69 Å². The molecule has 0 saturated carbocycles. The third-order valence-corrected chi connectivity index (χ3v) is 7.05. The molecule has 1 heterocycles. The molecule has 1 unspecified atom stereocenters. The van der Waals surface area contributed by atoms with Crippen molar-refractivity contribution in [2.24, 2.45) is 0 Å². The van der Waals surface area contributed by atoms with Gasteiger partial charge in [-0.1, -0.05) is 48.9 Å². The monoisotopic (exact) mass is 519 g/mol. The maximum Gasteiger partial charge on any atom is 0.272 e. The molecule has 4 aromatic rings. The number of nitrogens with one attached hydrogen (secondary N) is 1. The molecular weight excluding hydrogens is 491 g/mol. The minimum Gasteiger partial charge on any atom is -0.394 e. The van der Waals surface area contributed by atoms with Gasteiger partial charge in [0.25, 0.3) is 5.91 Å². The third-order valence-electron chi connectivity index (χ3n) is 7.05. The lowest BCUT2D eigenvalue weighted by molar-refractivity contribution is 0.0909. The van der Waals surface area contributed by atoms with Crippen LogP contribution in [0.2, 0.25) is 0 Å². The second kappa shape index (κ2) is 11.2. The average Bonchev–Trinajstić information content (AvgIpc) is 3.16. The van der Waals surface area contributed by atoms with Crippen molar-refractivity contribution >= 4 is 5.91 Å². The van der Waals surface area contributed by atoms with E-state index in [4.69, 9.17) is 0 Å². The first-order valence-corrected chi connectivity index (χ1v) is 12.7. The predicted molar refractivity (Wildman–Crippen MR) is 138 cm³/mol. The quantitative estimate of drug-likeness (QED) is 0.303. The zero-order valence-corrected chi connectivity index (χ0v) is 20.7. The molecule has 2 N–H and O–H groups in total. The van der Waals surface area contributed by atoms with Gasteiger partial charge in [-0.05, 0) is 61.1 Å². The Morgan fingerprint density at radius 3 is 2.53 bits per heavy atom. The summed E-state index contributed by atoms with van der Waals surface area (Å²) in [7, 11) is 0. The summed E-state index contributed by atoms with van der Waals surface area (Å²) in [6, 6.07) is 18.0. The standard InChI is InChI=1S/C30H28F3N3O2/c31-22-11-6-7-19(16-22)15-21-10-4-5-12-24-28(30(38)34-26(18-37)20-8-2-1-3-9-20)35-36(29(21)24)27-14-13-23(32)17-25(27)33/h1-3,6-9,11,13-14,16-17,21,26,37H,4-5,10,12,15,18H2,(H,34,38)/t21?,26-/m1/s1. The van der Waals surface area contributed by atoms with Crippen molar-refractivity contribution in [2.45, 2.75) is 44.1 Å². The van der Waals surface area contributed by atoms with Gasteiger partial charge in [0.15, 0.2) is 11.5 Å². The molecule has 2 atom stereocenters. The number of fused-ring (bicyclic) bond motifs is 1. The zero-order chi connectivity index (χ0) is 26.6. The largest absolute Gasteiger partial charge is 0.394 e. The normalized spacial score (nSPS) is 15.9. The highest BCUT2D eigenvalue weighted by Crippen LogP contribution is 2.37. The molecule has 0 saturated heterocycles. The fourth-order valence-electron chi connectivity index (χ4n) is 5.27. The molecule has 1 amide bonds. The summed E-state index contributed by atoms with van der Waals surface area (Å²) in [5.74, 6) is -2.51. The molecule has 3 aromatic carbocycles. The summed E-state index contributed by atoms with van der Waals surface area (Å²) >= 11 is 0. The highest BCUT2D eigenvalue weighted by Gasteiger charge is 2.32. The van der Waals surface area contributed by atoms with Crippen LogP contribution in [0.4, 0.5) is 13.2 Å². The number of nitrogens with zero attached hydrogens (tertiary/aromatic N) is 2. The molecule has 1 aliphatic rings. The third kappa shape index (κ3) is 5.36. The van der Waals surface area contributed by atoms with E-state index in [-0.39, 0.29) is 29.7 Å². The van der Waals surface area contributed by atoms with Crippen LogP contribution < -0.4 is 5.32 Å². The Labute approximate surface area is 218 Å². The summed E-state index contributed by atoms with van der Waals surface area (Å²) in [4.78, 5) is 13.6. The summed E-state index contributed by atoms with van der Waals surface area (Å²) in [5.41, 5.74) is 3.06. The van der Waals surface area contributed by atoms with Gasteiger partial charge < -0.3 is 10.4 Å². The number of amides is 1. The van der Waals surface area contributed by atoms with Crippen molar-refractivity contribution in [3.05, 3.63) is 118 Å². The minimum absolute atomic E-state index is 0.0367. The van der Waals surface area contributed by atoms with E-state index in [2.05, 4.69) is 10.4 Å². The topological polar surface area (TPSA) is 67.2 Å². The Morgan fingerprint density at radius 1 is 1.00 bits per heavy atom. The maximum atomic E-state index is 15.0. The SMILES string of the molecule is O=C(N[C@H](CO)c1ccccc1)c1nn(-c2ccc(F)cc2F)c2c1CCCCC2Cc1cccc(F)c1. The Kier molecular flexibility index (Phi) is 7.60. The van der Waals surface area contributed by atoms with Crippen LogP contribution in [0.5, 0.6) is 0 Å². The van der Waals surface area contributed by atoms with Crippen LogP contribution in [0.1, 0.15) is 64.1 Å². The molecule has 1 aliphatic carbocycles. The van der Waals surface area contributed by atoms with Gasteiger partial charge in [0.1, 0.15) is 17.3 Å². The lowest BCUT2D eigenvalue weighted by Crippen LogP contribution is -2.31. The first-order chi connectivity index (χ1) is 18.4. The van der Waals surface area contributed by atoms with Gasteiger partial charge in [0, 0.05) is 17.5 Å². The molecule has 0 radical (unpaired) electrons. The van der Waals surface area contributed by atoms with Gasteiger partial charge in [-0.2, -0.15) is 5.10 Å². The van der Waals surface area contributed by atoms with E-state index in [1.54, 1.807) is 6.07 Å². The summed E-state index contributed by atoms with van der Waals surface area (Å²) in [6.45, 7) is -0.312. The van der Waals surface area contributed by atoms with E-state index in [9.17, 15) is 18.7 Å². The number of hydrogen-bond acceptors (Lipinski definition) is 3. The average molecular weight is 520 g/mol. The lowest BCUT2D eigenvalue weighted by atomic mass is 9.90. The predicted octanol–water partition coefficient (Wildman–Crippen LogP) is 5.81. The number of hydrogen-bond donors (Lipinski definition) is 2. The highest BCUT2D eigenvalue weighted by atomic mass is 19.1. The van der Waals surface area contributed by atoms with Crippen LogP contribution in [-0.2, 0) is 12.8 Å². The van der Waals surface area contributed by atoms with Crippen molar-refractivity contribution in [3.8, 4) is 5.69 Å². The van der Waals surface area contributed by atoms with Gasteiger partial charge in [-0.15, -0.1) is 0 Å². The molecule has 0 aliphatic heterocycles. The number of benzene rings is 3. The van der Waals surface area contributed by atoms with Gasteiger partial charge in [-0.3, -0.25) is 4.79 Å².